The third-order valence-electron chi connectivity index (χ3n) is 6.32. The fourth-order valence-electron chi connectivity index (χ4n) is 4.38. The summed E-state index contributed by atoms with van der Waals surface area (Å²) in [6, 6.07) is 18.4. The van der Waals surface area contributed by atoms with Crippen LogP contribution in [0.3, 0.4) is 0 Å². The maximum absolute atomic E-state index is 13.8. The van der Waals surface area contributed by atoms with E-state index in [0.717, 1.165) is 16.1 Å². The summed E-state index contributed by atoms with van der Waals surface area (Å²) in [6.07, 6.45) is 1.44. The summed E-state index contributed by atoms with van der Waals surface area (Å²) in [4.78, 5) is 28.8. The van der Waals surface area contributed by atoms with Crippen molar-refractivity contribution in [3.05, 3.63) is 99.8 Å². The standard InChI is InChI=1S/C30H34Cl2FN3O4S/c1-21(2)34-30(38)28(18-22-8-5-4-6-9-22)35(20-23-11-12-24(31)19-27(23)32)29(37)10-7-17-36(41(3,39)40)26-15-13-25(33)14-16-26/h4-6,8-9,11-16,19,21,28H,7,10,17-18,20H2,1-3H3,(H,34,38). The Kier molecular flexibility index (Phi) is 11.6. The number of anilines is 1. The van der Waals surface area contributed by atoms with Gasteiger partial charge in [-0.1, -0.05) is 59.6 Å². The molecule has 41 heavy (non-hydrogen) atoms. The molecule has 0 radical (unpaired) electrons. The Morgan fingerprint density at radius 3 is 2.22 bits per heavy atom. The van der Waals surface area contributed by atoms with Gasteiger partial charge in [-0.25, -0.2) is 12.8 Å². The van der Waals surface area contributed by atoms with E-state index in [1.165, 1.54) is 29.2 Å². The number of carbonyl (C=O) groups excluding carboxylic acids is 2. The average Bonchev–Trinajstić information content (AvgIpc) is 2.90. The zero-order valence-electron chi connectivity index (χ0n) is 23.2. The number of carbonyl (C=O) groups is 2. The van der Waals surface area contributed by atoms with Crippen LogP contribution in [0.4, 0.5) is 10.1 Å². The maximum atomic E-state index is 13.8. The Balaban J connectivity index is 1.90. The Hall–Kier alpha value is -3.14. The molecule has 0 aliphatic heterocycles. The van der Waals surface area contributed by atoms with Gasteiger partial charge >= 0.3 is 0 Å². The van der Waals surface area contributed by atoms with Crippen LogP contribution in [0.5, 0.6) is 0 Å². The van der Waals surface area contributed by atoms with Gasteiger partial charge in [0.15, 0.2) is 0 Å². The van der Waals surface area contributed by atoms with Gasteiger partial charge in [-0.2, -0.15) is 0 Å². The molecule has 0 spiro atoms. The van der Waals surface area contributed by atoms with Crippen molar-refractivity contribution in [3.63, 3.8) is 0 Å². The van der Waals surface area contributed by atoms with E-state index in [1.807, 2.05) is 44.2 Å². The van der Waals surface area contributed by atoms with Crippen molar-refractivity contribution in [2.75, 3.05) is 17.1 Å². The molecule has 0 aromatic heterocycles. The van der Waals surface area contributed by atoms with E-state index in [9.17, 15) is 22.4 Å². The number of amides is 2. The lowest BCUT2D eigenvalue weighted by molar-refractivity contribution is -0.141. The molecule has 0 bridgehead atoms. The number of halogens is 3. The zero-order chi connectivity index (χ0) is 30.2. The molecule has 0 saturated heterocycles. The number of sulfonamides is 1. The van der Waals surface area contributed by atoms with Gasteiger partial charge < -0.3 is 10.2 Å². The molecule has 220 valence electrons. The lowest BCUT2D eigenvalue weighted by Crippen LogP contribution is -2.51. The second-order valence-electron chi connectivity index (χ2n) is 10.0. The summed E-state index contributed by atoms with van der Waals surface area (Å²) in [5.74, 6) is -1.15. The van der Waals surface area contributed by atoms with Crippen molar-refractivity contribution in [1.82, 2.24) is 10.2 Å². The number of nitrogens with zero attached hydrogens (tertiary/aromatic N) is 2. The molecule has 0 fully saturated rings. The normalized spacial score (nSPS) is 12.2. The smallest absolute Gasteiger partial charge is 0.243 e. The number of hydrogen-bond donors (Lipinski definition) is 1. The summed E-state index contributed by atoms with van der Waals surface area (Å²) in [6.45, 7) is 3.72. The van der Waals surface area contributed by atoms with Crippen LogP contribution in [-0.4, -0.2) is 50.0 Å². The largest absolute Gasteiger partial charge is 0.352 e. The highest BCUT2D eigenvalue weighted by molar-refractivity contribution is 7.92. The van der Waals surface area contributed by atoms with Gasteiger partial charge in [-0.3, -0.25) is 13.9 Å². The molecule has 3 aromatic rings. The van der Waals surface area contributed by atoms with Crippen molar-refractivity contribution >= 4 is 50.7 Å². The van der Waals surface area contributed by atoms with Crippen LogP contribution < -0.4 is 9.62 Å². The molecule has 7 nitrogen and oxygen atoms in total. The Labute approximate surface area is 251 Å². The first kappa shape index (κ1) is 32.4. The second-order valence-corrected chi connectivity index (χ2v) is 12.8. The van der Waals surface area contributed by atoms with E-state index in [0.29, 0.717) is 21.3 Å². The van der Waals surface area contributed by atoms with E-state index < -0.39 is 21.9 Å². The van der Waals surface area contributed by atoms with Crippen LogP contribution in [0.2, 0.25) is 10.0 Å². The predicted octanol–water partition coefficient (Wildman–Crippen LogP) is 5.84. The third-order valence-corrected chi connectivity index (χ3v) is 8.11. The Morgan fingerprint density at radius 1 is 0.976 bits per heavy atom. The van der Waals surface area contributed by atoms with Crippen LogP contribution in [0.1, 0.15) is 37.8 Å². The van der Waals surface area contributed by atoms with Crippen molar-refractivity contribution in [3.8, 4) is 0 Å². The average molecular weight is 623 g/mol. The number of nitrogens with one attached hydrogen (secondary N) is 1. The monoisotopic (exact) mass is 621 g/mol. The quantitative estimate of drug-likeness (QED) is 0.260. The first-order chi connectivity index (χ1) is 19.3. The molecule has 2 amide bonds. The number of benzene rings is 3. The van der Waals surface area contributed by atoms with Crippen LogP contribution in [0.15, 0.2) is 72.8 Å². The lowest BCUT2D eigenvalue weighted by Gasteiger charge is -2.32. The Morgan fingerprint density at radius 2 is 1.63 bits per heavy atom. The van der Waals surface area contributed by atoms with Crippen molar-refractivity contribution in [2.45, 2.75) is 51.7 Å². The molecular formula is C30H34Cl2FN3O4S. The fraction of sp³-hybridized carbons (Fsp3) is 0.333. The molecule has 0 saturated carbocycles. The van der Waals surface area contributed by atoms with E-state index in [4.69, 9.17) is 23.2 Å². The second kappa shape index (κ2) is 14.7. The zero-order valence-corrected chi connectivity index (χ0v) is 25.5. The molecule has 0 heterocycles. The van der Waals surface area contributed by atoms with Gasteiger partial charge in [0.2, 0.25) is 21.8 Å². The van der Waals surface area contributed by atoms with E-state index >= 15 is 0 Å². The molecule has 3 rings (SSSR count). The highest BCUT2D eigenvalue weighted by Gasteiger charge is 2.31. The van der Waals surface area contributed by atoms with Crippen LogP contribution in [0, 0.1) is 5.82 Å². The van der Waals surface area contributed by atoms with Gasteiger partial charge in [0.05, 0.1) is 11.9 Å². The van der Waals surface area contributed by atoms with Gasteiger partial charge in [-0.15, -0.1) is 0 Å². The molecule has 11 heteroatoms. The Bertz CT molecular complexity index is 1440. The summed E-state index contributed by atoms with van der Waals surface area (Å²) in [5, 5.41) is 3.72. The summed E-state index contributed by atoms with van der Waals surface area (Å²) < 4.78 is 39.6. The van der Waals surface area contributed by atoms with Crippen molar-refractivity contribution in [1.29, 1.82) is 0 Å². The molecule has 3 aromatic carbocycles. The SMILES string of the molecule is CC(C)NC(=O)C(Cc1ccccc1)N(Cc1ccc(Cl)cc1Cl)C(=O)CCCN(c1ccc(F)cc1)S(C)(=O)=O. The van der Waals surface area contributed by atoms with Gasteiger partial charge in [0, 0.05) is 42.0 Å². The van der Waals surface area contributed by atoms with Gasteiger partial charge in [-0.05, 0) is 67.8 Å². The maximum Gasteiger partial charge on any atom is 0.243 e. The van der Waals surface area contributed by atoms with Crippen LogP contribution in [0.25, 0.3) is 0 Å². The lowest BCUT2D eigenvalue weighted by atomic mass is 10.0. The van der Waals surface area contributed by atoms with Crippen LogP contribution in [-0.2, 0) is 32.6 Å². The number of hydrogen-bond acceptors (Lipinski definition) is 4. The minimum absolute atomic E-state index is 0.00666. The molecule has 1 N–H and O–H groups in total. The van der Waals surface area contributed by atoms with E-state index in [2.05, 4.69) is 5.32 Å². The molecular weight excluding hydrogens is 588 g/mol. The molecule has 0 aliphatic rings. The van der Waals surface area contributed by atoms with Gasteiger partial charge in [0.25, 0.3) is 0 Å². The van der Waals surface area contributed by atoms with Crippen LogP contribution >= 0.6 is 23.2 Å². The first-order valence-corrected chi connectivity index (χ1v) is 15.8. The highest BCUT2D eigenvalue weighted by Crippen LogP contribution is 2.25. The molecule has 1 unspecified atom stereocenters. The highest BCUT2D eigenvalue weighted by atomic mass is 35.5. The minimum atomic E-state index is -3.70. The van der Waals surface area contributed by atoms with Crippen molar-refractivity contribution in [2.24, 2.45) is 0 Å². The molecule has 1 atom stereocenters. The van der Waals surface area contributed by atoms with Gasteiger partial charge in [0.1, 0.15) is 11.9 Å². The summed E-state index contributed by atoms with van der Waals surface area (Å²) in [7, 11) is -3.70. The first-order valence-electron chi connectivity index (χ1n) is 13.2. The minimum Gasteiger partial charge on any atom is -0.352 e. The summed E-state index contributed by atoms with van der Waals surface area (Å²) >= 11 is 12.5. The third kappa shape index (κ3) is 9.73. The molecule has 0 aliphatic carbocycles. The van der Waals surface area contributed by atoms with E-state index in [-0.39, 0.29) is 50.2 Å². The topological polar surface area (TPSA) is 86.8 Å². The predicted molar refractivity (Wildman–Crippen MR) is 162 cm³/mol. The number of rotatable bonds is 13. The summed E-state index contributed by atoms with van der Waals surface area (Å²) in [5.41, 5.74) is 1.78. The van der Waals surface area contributed by atoms with Crippen molar-refractivity contribution < 1.29 is 22.4 Å². The van der Waals surface area contributed by atoms with E-state index in [1.54, 1.807) is 18.2 Å². The fourth-order valence-corrected chi connectivity index (χ4v) is 5.81.